The molecule has 4 aromatic rings. The van der Waals surface area contributed by atoms with Gasteiger partial charge in [0, 0.05) is 24.3 Å². The first kappa shape index (κ1) is 24.3. The Hall–Kier alpha value is -4.02. The van der Waals surface area contributed by atoms with Gasteiger partial charge in [0.15, 0.2) is 11.6 Å². The van der Waals surface area contributed by atoms with Gasteiger partial charge in [-0.2, -0.15) is 0 Å². The lowest BCUT2D eigenvalue weighted by molar-refractivity contribution is 0.0917. The van der Waals surface area contributed by atoms with Gasteiger partial charge in [0.2, 0.25) is 0 Å². The van der Waals surface area contributed by atoms with Gasteiger partial charge in [0.1, 0.15) is 15.5 Å². The number of hydrogen-bond acceptors (Lipinski definition) is 6. The molecule has 1 atom stereocenters. The third-order valence-electron chi connectivity index (χ3n) is 6.95. The number of hydrogen-bond donors (Lipinski definition) is 2. The van der Waals surface area contributed by atoms with Gasteiger partial charge < -0.3 is 20.3 Å². The van der Waals surface area contributed by atoms with E-state index in [1.54, 1.807) is 37.4 Å². The molecule has 4 heterocycles. The number of likely N-dealkylation sites (tertiary alicyclic amines) is 1. The van der Waals surface area contributed by atoms with Crippen molar-refractivity contribution in [2.75, 3.05) is 30.4 Å². The van der Waals surface area contributed by atoms with Gasteiger partial charge in [-0.05, 0) is 63.7 Å². The van der Waals surface area contributed by atoms with E-state index in [4.69, 9.17) is 4.74 Å². The van der Waals surface area contributed by atoms with E-state index in [9.17, 15) is 9.59 Å². The van der Waals surface area contributed by atoms with Gasteiger partial charge in [0.05, 0.1) is 22.4 Å². The van der Waals surface area contributed by atoms with Crippen LogP contribution in [-0.2, 0) is 0 Å². The second-order valence-corrected chi connectivity index (χ2v) is 10.6. The van der Waals surface area contributed by atoms with E-state index in [2.05, 4.69) is 20.5 Å². The molecule has 1 fully saturated rings. The van der Waals surface area contributed by atoms with E-state index in [-0.39, 0.29) is 23.3 Å². The summed E-state index contributed by atoms with van der Waals surface area (Å²) in [7, 11) is 2.04. The van der Waals surface area contributed by atoms with Gasteiger partial charge in [-0.25, -0.2) is 14.2 Å². The van der Waals surface area contributed by atoms with Crippen LogP contribution in [0.5, 0.6) is 11.5 Å². The summed E-state index contributed by atoms with van der Waals surface area (Å²) < 4.78 is 21.1. The molecule has 2 N–H and O–H groups in total. The van der Waals surface area contributed by atoms with Crippen LogP contribution in [0.25, 0.3) is 10.2 Å². The summed E-state index contributed by atoms with van der Waals surface area (Å²) in [5.41, 5.74) is 1.62. The van der Waals surface area contributed by atoms with Gasteiger partial charge in [0.25, 0.3) is 5.91 Å². The molecule has 10 heteroatoms. The van der Waals surface area contributed by atoms with Crippen molar-refractivity contribution in [1.82, 2.24) is 15.2 Å². The van der Waals surface area contributed by atoms with Gasteiger partial charge in [-0.1, -0.05) is 18.2 Å². The van der Waals surface area contributed by atoms with Crippen molar-refractivity contribution in [2.24, 2.45) is 0 Å². The number of nitrogens with zero attached hydrogens (tertiary/aromatic N) is 3. The summed E-state index contributed by atoms with van der Waals surface area (Å²) in [6.45, 7) is 3.40. The molecule has 0 spiro atoms. The molecular weight excluding hydrogens is 505 g/mol. The zero-order chi connectivity index (χ0) is 26.4. The Morgan fingerprint density at radius 1 is 1.18 bits per heavy atom. The molecular formula is C28H26FN5O3S. The summed E-state index contributed by atoms with van der Waals surface area (Å²) >= 11 is 1.24. The number of likely N-dealkylation sites (N-methyl/N-ethyl adjacent to an activating group) is 1. The maximum atomic E-state index is 15.4. The highest BCUT2D eigenvalue weighted by molar-refractivity contribution is 7.21. The minimum Gasteiger partial charge on any atom is -0.454 e. The van der Waals surface area contributed by atoms with Crippen LogP contribution in [0, 0.1) is 12.7 Å². The fourth-order valence-corrected chi connectivity index (χ4v) is 6.13. The number of carbonyl (C=O) groups is 2. The maximum Gasteiger partial charge on any atom is 0.331 e. The Balaban J connectivity index is 1.36. The van der Waals surface area contributed by atoms with Crippen molar-refractivity contribution in [3.63, 3.8) is 0 Å². The Labute approximate surface area is 223 Å². The first-order valence-corrected chi connectivity index (χ1v) is 13.3. The zero-order valence-corrected chi connectivity index (χ0v) is 21.8. The number of piperidine rings is 1. The van der Waals surface area contributed by atoms with E-state index in [0.29, 0.717) is 37.9 Å². The lowest BCUT2D eigenvalue weighted by atomic mass is 10.1. The number of amides is 3. The molecule has 2 aromatic carbocycles. The summed E-state index contributed by atoms with van der Waals surface area (Å²) in [4.78, 5) is 35.8. The fourth-order valence-electron chi connectivity index (χ4n) is 5.11. The van der Waals surface area contributed by atoms with Crippen LogP contribution < -0.4 is 20.3 Å². The lowest BCUT2D eigenvalue weighted by Gasteiger charge is -2.31. The Kier molecular flexibility index (Phi) is 6.21. The minimum absolute atomic E-state index is 0.0455. The first-order chi connectivity index (χ1) is 18.4. The average molecular weight is 532 g/mol. The standard InChI is InChI=1S/C28H26FN5O3S/c1-16-19(10-11-21(23(16)29)37-18-8-4-3-5-9-18)34-20-12-13-30-27-22(20)24(32-28(34)36)25(38-27)26(35)31-17-7-6-14-33(2)15-17/h3-5,8-13,17H,6-7,14-15H2,1-2H3,(H,31,35)(H,32,36). The molecule has 1 saturated heterocycles. The number of thiophene rings is 1. The second kappa shape index (κ2) is 9.70. The first-order valence-electron chi connectivity index (χ1n) is 12.4. The van der Waals surface area contributed by atoms with Crippen LogP contribution >= 0.6 is 11.3 Å². The van der Waals surface area contributed by atoms with Gasteiger partial charge in [-0.15, -0.1) is 11.3 Å². The van der Waals surface area contributed by atoms with Crippen LogP contribution in [0.4, 0.5) is 26.2 Å². The molecule has 194 valence electrons. The number of pyridine rings is 1. The highest BCUT2D eigenvalue weighted by Gasteiger charge is 2.34. The van der Waals surface area contributed by atoms with Crippen molar-refractivity contribution in [3.05, 3.63) is 71.0 Å². The molecule has 6 rings (SSSR count). The normalized spacial score (nSPS) is 17.4. The number of nitrogens with one attached hydrogen (secondary N) is 2. The molecule has 1 unspecified atom stereocenters. The summed E-state index contributed by atoms with van der Waals surface area (Å²) in [6, 6.07) is 13.4. The number of benzene rings is 2. The van der Waals surface area contributed by atoms with Crippen LogP contribution in [0.15, 0.2) is 54.7 Å². The zero-order valence-electron chi connectivity index (χ0n) is 21.0. The number of rotatable bonds is 5. The minimum atomic E-state index is -0.557. The van der Waals surface area contributed by atoms with Crippen molar-refractivity contribution >= 4 is 50.6 Å². The predicted molar refractivity (Wildman–Crippen MR) is 146 cm³/mol. The molecule has 0 aliphatic carbocycles. The molecule has 2 aromatic heterocycles. The number of urea groups is 1. The number of anilines is 3. The summed E-state index contributed by atoms with van der Waals surface area (Å²) in [5.74, 6) is -0.206. The molecule has 2 aliphatic heterocycles. The Morgan fingerprint density at radius 3 is 2.79 bits per heavy atom. The number of ether oxygens (including phenoxy) is 1. The summed E-state index contributed by atoms with van der Waals surface area (Å²) in [6.07, 6.45) is 3.53. The van der Waals surface area contributed by atoms with Crippen LogP contribution in [-0.4, -0.2) is 48.0 Å². The van der Waals surface area contributed by atoms with Crippen molar-refractivity contribution in [1.29, 1.82) is 0 Å². The van der Waals surface area contributed by atoms with Crippen LogP contribution in [0.1, 0.15) is 28.1 Å². The van der Waals surface area contributed by atoms with Crippen molar-refractivity contribution < 1.29 is 18.7 Å². The smallest absolute Gasteiger partial charge is 0.331 e. The van der Waals surface area contributed by atoms with E-state index >= 15 is 4.39 Å². The van der Waals surface area contributed by atoms with E-state index < -0.39 is 11.8 Å². The highest BCUT2D eigenvalue weighted by Crippen LogP contribution is 2.47. The lowest BCUT2D eigenvalue weighted by Crippen LogP contribution is -2.46. The van der Waals surface area contributed by atoms with E-state index in [1.807, 2.05) is 25.2 Å². The van der Waals surface area contributed by atoms with Gasteiger partial charge >= 0.3 is 6.03 Å². The Bertz CT molecular complexity index is 1560. The van der Waals surface area contributed by atoms with Crippen LogP contribution in [0.3, 0.4) is 0 Å². The predicted octanol–water partition coefficient (Wildman–Crippen LogP) is 6.04. The third-order valence-corrected chi connectivity index (χ3v) is 8.04. The van der Waals surface area contributed by atoms with Crippen molar-refractivity contribution in [2.45, 2.75) is 25.8 Å². The molecule has 0 saturated carbocycles. The number of carbonyl (C=O) groups excluding carboxylic acids is 2. The topological polar surface area (TPSA) is 86.8 Å². The highest BCUT2D eigenvalue weighted by atomic mass is 32.1. The molecule has 0 bridgehead atoms. The monoisotopic (exact) mass is 531 g/mol. The molecule has 38 heavy (non-hydrogen) atoms. The maximum absolute atomic E-state index is 15.4. The second-order valence-electron chi connectivity index (χ2n) is 9.59. The number of halogens is 1. The van der Waals surface area contributed by atoms with Crippen molar-refractivity contribution in [3.8, 4) is 11.5 Å². The van der Waals surface area contributed by atoms with E-state index in [0.717, 1.165) is 25.9 Å². The Morgan fingerprint density at radius 2 is 2.00 bits per heavy atom. The largest absolute Gasteiger partial charge is 0.454 e. The average Bonchev–Trinajstić information content (AvgIpc) is 3.28. The number of aromatic nitrogens is 1. The summed E-state index contributed by atoms with van der Waals surface area (Å²) in [5, 5.41) is 6.66. The number of para-hydroxylation sites is 1. The molecule has 3 amide bonds. The van der Waals surface area contributed by atoms with Gasteiger partial charge in [-0.3, -0.25) is 9.69 Å². The SMILES string of the molecule is Cc1c(N2C(=O)Nc3c(C(=O)NC4CCCN(C)C4)sc4nccc2c34)ccc(Oc2ccccc2)c1F. The quantitative estimate of drug-likeness (QED) is 0.328. The molecule has 2 aliphatic rings. The van der Waals surface area contributed by atoms with E-state index in [1.165, 1.54) is 22.3 Å². The molecule has 0 radical (unpaired) electrons. The van der Waals surface area contributed by atoms with Crippen LogP contribution in [0.2, 0.25) is 0 Å². The fraction of sp³-hybridized carbons (Fsp3) is 0.250. The third kappa shape index (κ3) is 4.25. The molecule has 8 nitrogen and oxygen atoms in total.